The third-order valence-electron chi connectivity index (χ3n) is 3.64. The Hall–Kier alpha value is -2.32. The van der Waals surface area contributed by atoms with Crippen LogP contribution in [0, 0.1) is 0 Å². The molecule has 4 rings (SSSR count). The molecule has 0 spiro atoms. The van der Waals surface area contributed by atoms with E-state index >= 15 is 0 Å². The normalized spacial score (nSPS) is 11.2. The predicted octanol–water partition coefficient (Wildman–Crippen LogP) is 5.30. The number of benzene rings is 3. The molecule has 0 aliphatic rings. The summed E-state index contributed by atoms with van der Waals surface area (Å²) in [6.45, 7) is 0. The Bertz CT molecular complexity index is 907. The molecule has 0 fully saturated rings. The molecular formula is C18H13NS. The average Bonchev–Trinajstić information content (AvgIpc) is 2.87. The fourth-order valence-electron chi connectivity index (χ4n) is 2.66. The summed E-state index contributed by atoms with van der Waals surface area (Å²) in [5, 5.41) is 2.44. The van der Waals surface area contributed by atoms with Gasteiger partial charge in [-0.05, 0) is 29.3 Å². The molecule has 1 heterocycles. The van der Waals surface area contributed by atoms with Crippen molar-refractivity contribution in [2.75, 3.05) is 5.73 Å². The predicted molar refractivity (Wildman–Crippen MR) is 89.2 cm³/mol. The first-order valence-corrected chi connectivity index (χ1v) is 7.41. The zero-order chi connectivity index (χ0) is 13.5. The van der Waals surface area contributed by atoms with E-state index in [-0.39, 0.29) is 0 Å². The highest BCUT2D eigenvalue weighted by molar-refractivity contribution is 7.26. The highest BCUT2D eigenvalue weighted by Crippen LogP contribution is 2.38. The third-order valence-corrected chi connectivity index (χ3v) is 4.75. The zero-order valence-corrected chi connectivity index (χ0v) is 11.7. The van der Waals surface area contributed by atoms with Crippen molar-refractivity contribution in [1.82, 2.24) is 0 Å². The monoisotopic (exact) mass is 275 g/mol. The van der Waals surface area contributed by atoms with E-state index in [0.717, 1.165) is 5.69 Å². The summed E-state index contributed by atoms with van der Waals surface area (Å²) < 4.78 is 2.55. The molecule has 0 aliphatic carbocycles. The second kappa shape index (κ2) is 4.36. The van der Waals surface area contributed by atoms with Crippen molar-refractivity contribution in [2.45, 2.75) is 0 Å². The fourth-order valence-corrected chi connectivity index (χ4v) is 3.84. The smallest absolute Gasteiger partial charge is 0.0408 e. The minimum Gasteiger partial charge on any atom is -0.398 e. The molecule has 0 saturated heterocycles. The second-order valence-corrected chi connectivity index (χ2v) is 5.98. The lowest BCUT2D eigenvalue weighted by Crippen LogP contribution is -1.83. The van der Waals surface area contributed by atoms with Gasteiger partial charge >= 0.3 is 0 Å². The van der Waals surface area contributed by atoms with Crippen LogP contribution in [0.1, 0.15) is 0 Å². The van der Waals surface area contributed by atoms with Crippen LogP contribution in [0.2, 0.25) is 0 Å². The van der Waals surface area contributed by atoms with Gasteiger partial charge in [-0.3, -0.25) is 0 Å². The van der Waals surface area contributed by atoms with Gasteiger partial charge in [0.1, 0.15) is 0 Å². The quantitative estimate of drug-likeness (QED) is 0.468. The third kappa shape index (κ3) is 1.69. The van der Waals surface area contributed by atoms with Crippen molar-refractivity contribution in [3.8, 4) is 11.1 Å². The molecule has 0 bridgehead atoms. The Labute approximate surface area is 121 Å². The number of nitrogens with two attached hydrogens (primary N) is 1. The first-order valence-electron chi connectivity index (χ1n) is 6.59. The molecule has 96 valence electrons. The van der Waals surface area contributed by atoms with Crippen molar-refractivity contribution in [3.63, 3.8) is 0 Å². The van der Waals surface area contributed by atoms with Crippen LogP contribution in [-0.2, 0) is 0 Å². The van der Waals surface area contributed by atoms with Crippen LogP contribution >= 0.6 is 11.3 Å². The first-order chi connectivity index (χ1) is 9.83. The summed E-state index contributed by atoms with van der Waals surface area (Å²) in [5.41, 5.74) is 9.49. The van der Waals surface area contributed by atoms with E-state index in [1.54, 1.807) is 11.3 Å². The van der Waals surface area contributed by atoms with Crippen LogP contribution in [0.5, 0.6) is 0 Å². The molecule has 2 heteroatoms. The molecule has 1 nitrogen and oxygen atoms in total. The van der Waals surface area contributed by atoms with E-state index in [9.17, 15) is 0 Å². The summed E-state index contributed by atoms with van der Waals surface area (Å²) in [5.74, 6) is 0. The fraction of sp³-hybridized carbons (Fsp3) is 0. The van der Waals surface area contributed by atoms with E-state index in [2.05, 4.69) is 48.5 Å². The van der Waals surface area contributed by atoms with Crippen molar-refractivity contribution in [3.05, 3.63) is 66.7 Å². The van der Waals surface area contributed by atoms with E-state index in [1.807, 2.05) is 18.2 Å². The number of nitrogen functional groups attached to an aromatic ring is 1. The molecule has 0 radical (unpaired) electrons. The molecule has 2 N–H and O–H groups in total. The van der Waals surface area contributed by atoms with Crippen LogP contribution in [0.25, 0.3) is 31.3 Å². The number of fused-ring (bicyclic) bond motifs is 3. The highest BCUT2D eigenvalue weighted by atomic mass is 32.1. The maximum atomic E-state index is 6.12. The SMILES string of the molecule is Nc1cccc2sc3cc(-c4ccccc4)ccc3c12. The summed E-state index contributed by atoms with van der Waals surface area (Å²) >= 11 is 1.80. The summed E-state index contributed by atoms with van der Waals surface area (Å²) in [4.78, 5) is 0. The molecule has 0 unspecified atom stereocenters. The van der Waals surface area contributed by atoms with Gasteiger partial charge in [-0.2, -0.15) is 0 Å². The van der Waals surface area contributed by atoms with Gasteiger partial charge in [-0.15, -0.1) is 11.3 Å². The molecule has 0 amide bonds. The first kappa shape index (κ1) is 11.5. The van der Waals surface area contributed by atoms with Gasteiger partial charge in [0.2, 0.25) is 0 Å². The van der Waals surface area contributed by atoms with Gasteiger partial charge in [-0.1, -0.05) is 48.5 Å². The number of hydrogen-bond acceptors (Lipinski definition) is 2. The maximum absolute atomic E-state index is 6.12. The molecule has 1 aromatic heterocycles. The van der Waals surface area contributed by atoms with Gasteiger partial charge in [-0.25, -0.2) is 0 Å². The van der Waals surface area contributed by atoms with Crippen LogP contribution in [0.4, 0.5) is 5.69 Å². The lowest BCUT2D eigenvalue weighted by atomic mass is 10.0. The molecule has 0 saturated carbocycles. The van der Waals surface area contributed by atoms with Crippen molar-refractivity contribution >= 4 is 37.2 Å². The Morgan fingerprint density at radius 1 is 0.700 bits per heavy atom. The van der Waals surface area contributed by atoms with E-state index < -0.39 is 0 Å². The summed E-state index contributed by atoms with van der Waals surface area (Å²) in [7, 11) is 0. The van der Waals surface area contributed by atoms with Crippen molar-refractivity contribution in [2.24, 2.45) is 0 Å². The van der Waals surface area contributed by atoms with Crippen LogP contribution in [-0.4, -0.2) is 0 Å². The zero-order valence-electron chi connectivity index (χ0n) is 10.8. The minimum absolute atomic E-state index is 0.862. The Balaban J connectivity index is 2.01. The maximum Gasteiger partial charge on any atom is 0.0408 e. The number of anilines is 1. The molecule has 0 atom stereocenters. The molecular weight excluding hydrogens is 262 g/mol. The van der Waals surface area contributed by atoms with Crippen LogP contribution in [0.3, 0.4) is 0 Å². The van der Waals surface area contributed by atoms with E-state index in [4.69, 9.17) is 5.73 Å². The minimum atomic E-state index is 0.862. The molecule has 3 aromatic carbocycles. The van der Waals surface area contributed by atoms with E-state index in [0.29, 0.717) is 0 Å². The largest absolute Gasteiger partial charge is 0.398 e. The topological polar surface area (TPSA) is 26.0 Å². The van der Waals surface area contributed by atoms with Gasteiger partial charge in [0, 0.05) is 25.9 Å². The Kier molecular flexibility index (Phi) is 2.51. The van der Waals surface area contributed by atoms with E-state index in [1.165, 1.54) is 31.3 Å². The standard InChI is InChI=1S/C18H13NS/c19-15-7-4-8-16-18(15)14-10-9-13(11-17(14)20-16)12-5-2-1-3-6-12/h1-11H,19H2. The summed E-state index contributed by atoms with van der Waals surface area (Å²) in [6.07, 6.45) is 0. The lowest BCUT2D eigenvalue weighted by Gasteiger charge is -2.02. The molecule has 4 aromatic rings. The van der Waals surface area contributed by atoms with Gasteiger partial charge in [0.05, 0.1) is 0 Å². The molecule has 20 heavy (non-hydrogen) atoms. The lowest BCUT2D eigenvalue weighted by molar-refractivity contribution is 1.66. The van der Waals surface area contributed by atoms with Crippen molar-refractivity contribution in [1.29, 1.82) is 0 Å². The Morgan fingerprint density at radius 2 is 1.55 bits per heavy atom. The van der Waals surface area contributed by atoms with Crippen molar-refractivity contribution < 1.29 is 0 Å². The van der Waals surface area contributed by atoms with Gasteiger partial charge in [0.15, 0.2) is 0 Å². The Morgan fingerprint density at radius 3 is 2.40 bits per heavy atom. The van der Waals surface area contributed by atoms with Gasteiger partial charge < -0.3 is 5.73 Å². The average molecular weight is 275 g/mol. The number of thiophene rings is 1. The van der Waals surface area contributed by atoms with Crippen LogP contribution < -0.4 is 5.73 Å². The van der Waals surface area contributed by atoms with Gasteiger partial charge in [0.25, 0.3) is 0 Å². The molecule has 0 aliphatic heterocycles. The number of rotatable bonds is 1. The highest BCUT2D eigenvalue weighted by Gasteiger charge is 2.08. The number of hydrogen-bond donors (Lipinski definition) is 1. The second-order valence-electron chi connectivity index (χ2n) is 4.90. The van der Waals surface area contributed by atoms with Crippen LogP contribution in [0.15, 0.2) is 66.7 Å². The summed E-state index contributed by atoms with van der Waals surface area (Å²) in [6, 6.07) is 23.2.